The van der Waals surface area contributed by atoms with Crippen LogP contribution in [0.2, 0.25) is 0 Å². The molecule has 7 nitrogen and oxygen atoms in total. The molecule has 4 rings (SSSR count). The molecule has 1 fully saturated rings. The van der Waals surface area contributed by atoms with E-state index < -0.39 is 0 Å². The van der Waals surface area contributed by atoms with E-state index in [0.717, 1.165) is 48.7 Å². The number of methoxy groups -OCH3 is 2. The Morgan fingerprint density at radius 1 is 0.939 bits per heavy atom. The SMILES string of the molecule is COc1ccc(CN2CCN(C(=O)CC3c4ccccc4CCN3C(C)=O)CC2)cc1OC. The van der Waals surface area contributed by atoms with Crippen molar-refractivity contribution in [1.82, 2.24) is 14.7 Å². The Labute approximate surface area is 195 Å². The van der Waals surface area contributed by atoms with Crippen molar-refractivity contribution in [3.05, 3.63) is 59.2 Å². The van der Waals surface area contributed by atoms with Crippen LogP contribution in [0.15, 0.2) is 42.5 Å². The van der Waals surface area contributed by atoms with Crippen LogP contribution in [0, 0.1) is 0 Å². The Bertz CT molecular complexity index is 1000. The fourth-order valence-corrected chi connectivity index (χ4v) is 4.94. The molecule has 0 N–H and O–H groups in total. The van der Waals surface area contributed by atoms with Gasteiger partial charge in [0.15, 0.2) is 11.5 Å². The van der Waals surface area contributed by atoms with Gasteiger partial charge in [-0.2, -0.15) is 0 Å². The Kier molecular flexibility index (Phi) is 7.18. The van der Waals surface area contributed by atoms with Crippen LogP contribution >= 0.6 is 0 Å². The Morgan fingerprint density at radius 3 is 2.36 bits per heavy atom. The molecule has 2 aromatic carbocycles. The van der Waals surface area contributed by atoms with Gasteiger partial charge in [-0.25, -0.2) is 0 Å². The number of ether oxygens (including phenoxy) is 2. The maximum Gasteiger partial charge on any atom is 0.225 e. The van der Waals surface area contributed by atoms with Crippen molar-refractivity contribution in [3.63, 3.8) is 0 Å². The standard InChI is InChI=1S/C26H33N3O4/c1-19(30)29-11-10-21-6-4-5-7-22(21)23(29)17-26(31)28-14-12-27(13-15-28)18-20-8-9-24(32-2)25(16-20)33-3/h4-9,16,23H,10-15,17-18H2,1-3H3. The quantitative estimate of drug-likeness (QED) is 0.676. The molecule has 1 unspecified atom stereocenters. The lowest BCUT2D eigenvalue weighted by Gasteiger charge is -2.39. The first-order chi connectivity index (χ1) is 16.0. The summed E-state index contributed by atoms with van der Waals surface area (Å²) in [5.41, 5.74) is 3.51. The fraction of sp³-hybridized carbons (Fsp3) is 0.462. The summed E-state index contributed by atoms with van der Waals surface area (Å²) in [6, 6.07) is 14.0. The number of hydrogen-bond acceptors (Lipinski definition) is 5. The molecule has 2 amide bonds. The molecule has 0 aliphatic carbocycles. The van der Waals surface area contributed by atoms with Gasteiger partial charge in [0.05, 0.1) is 26.7 Å². The molecule has 0 bridgehead atoms. The summed E-state index contributed by atoms with van der Waals surface area (Å²) in [5.74, 6) is 1.60. The zero-order valence-corrected chi connectivity index (χ0v) is 19.8. The maximum absolute atomic E-state index is 13.2. The molecular formula is C26H33N3O4. The van der Waals surface area contributed by atoms with Crippen LogP contribution in [0.5, 0.6) is 11.5 Å². The highest BCUT2D eigenvalue weighted by Crippen LogP contribution is 2.33. The van der Waals surface area contributed by atoms with Gasteiger partial charge in [-0.05, 0) is 35.2 Å². The second-order valence-electron chi connectivity index (χ2n) is 8.73. The molecule has 7 heteroatoms. The first-order valence-electron chi connectivity index (χ1n) is 11.6. The Balaban J connectivity index is 1.36. The molecular weight excluding hydrogens is 418 g/mol. The number of carbonyl (C=O) groups excluding carboxylic acids is 2. The highest BCUT2D eigenvalue weighted by atomic mass is 16.5. The third-order valence-electron chi connectivity index (χ3n) is 6.76. The van der Waals surface area contributed by atoms with Crippen molar-refractivity contribution in [3.8, 4) is 11.5 Å². The van der Waals surface area contributed by atoms with Gasteiger partial charge in [0.2, 0.25) is 11.8 Å². The van der Waals surface area contributed by atoms with Crippen molar-refractivity contribution >= 4 is 11.8 Å². The van der Waals surface area contributed by atoms with E-state index in [-0.39, 0.29) is 17.9 Å². The number of fused-ring (bicyclic) bond motifs is 1. The molecule has 0 spiro atoms. The van der Waals surface area contributed by atoms with Gasteiger partial charge in [0.25, 0.3) is 0 Å². The van der Waals surface area contributed by atoms with E-state index >= 15 is 0 Å². The van der Waals surface area contributed by atoms with Gasteiger partial charge in [-0.1, -0.05) is 30.3 Å². The summed E-state index contributed by atoms with van der Waals surface area (Å²) in [6.07, 6.45) is 1.18. The number of hydrogen-bond donors (Lipinski definition) is 0. The van der Waals surface area contributed by atoms with Gasteiger partial charge in [0, 0.05) is 46.2 Å². The van der Waals surface area contributed by atoms with Gasteiger partial charge in [0.1, 0.15) is 0 Å². The number of nitrogens with zero attached hydrogens (tertiary/aromatic N) is 3. The average molecular weight is 452 g/mol. The van der Waals surface area contributed by atoms with E-state index in [1.807, 2.05) is 34.1 Å². The Morgan fingerprint density at radius 2 is 1.67 bits per heavy atom. The highest BCUT2D eigenvalue weighted by Gasteiger charge is 2.32. The molecule has 2 heterocycles. The number of benzene rings is 2. The lowest BCUT2D eigenvalue weighted by Crippen LogP contribution is -2.49. The summed E-state index contributed by atoms with van der Waals surface area (Å²) in [7, 11) is 3.28. The molecule has 1 atom stereocenters. The fourth-order valence-electron chi connectivity index (χ4n) is 4.94. The minimum atomic E-state index is -0.176. The largest absolute Gasteiger partial charge is 0.493 e. The smallest absolute Gasteiger partial charge is 0.225 e. The van der Waals surface area contributed by atoms with Crippen molar-refractivity contribution in [2.75, 3.05) is 46.9 Å². The van der Waals surface area contributed by atoms with Crippen LogP contribution in [0.3, 0.4) is 0 Å². The summed E-state index contributed by atoms with van der Waals surface area (Å²) in [6.45, 7) is 6.09. The van der Waals surface area contributed by atoms with Gasteiger partial charge in [-0.15, -0.1) is 0 Å². The van der Waals surface area contributed by atoms with Crippen LogP contribution in [0.4, 0.5) is 0 Å². The predicted octanol–water partition coefficient (Wildman–Crippen LogP) is 2.88. The molecule has 0 radical (unpaired) electrons. The first-order valence-corrected chi connectivity index (χ1v) is 11.6. The van der Waals surface area contributed by atoms with Crippen molar-refractivity contribution < 1.29 is 19.1 Å². The van der Waals surface area contributed by atoms with Crippen LogP contribution < -0.4 is 9.47 Å². The molecule has 2 aliphatic rings. The van der Waals surface area contributed by atoms with Crippen molar-refractivity contribution in [1.29, 1.82) is 0 Å². The number of carbonyl (C=O) groups is 2. The normalized spacial score (nSPS) is 18.6. The average Bonchev–Trinajstić information content (AvgIpc) is 2.84. The second-order valence-corrected chi connectivity index (χ2v) is 8.73. The number of amides is 2. The molecule has 1 saturated heterocycles. The number of rotatable bonds is 6. The van der Waals surface area contributed by atoms with E-state index in [0.29, 0.717) is 26.1 Å². The third-order valence-corrected chi connectivity index (χ3v) is 6.76. The van der Waals surface area contributed by atoms with Gasteiger partial charge in [-0.3, -0.25) is 14.5 Å². The second kappa shape index (κ2) is 10.3. The highest BCUT2D eigenvalue weighted by molar-refractivity contribution is 5.80. The summed E-state index contributed by atoms with van der Waals surface area (Å²) < 4.78 is 10.7. The minimum absolute atomic E-state index is 0.0297. The van der Waals surface area contributed by atoms with Crippen molar-refractivity contribution in [2.45, 2.75) is 32.4 Å². The van der Waals surface area contributed by atoms with Crippen LogP contribution in [-0.4, -0.2) is 73.5 Å². The molecule has 2 aliphatic heterocycles. The molecule has 176 valence electrons. The van der Waals surface area contributed by atoms with E-state index in [9.17, 15) is 9.59 Å². The van der Waals surface area contributed by atoms with Gasteiger partial charge >= 0.3 is 0 Å². The van der Waals surface area contributed by atoms with E-state index in [4.69, 9.17) is 9.47 Å². The third kappa shape index (κ3) is 5.14. The molecule has 33 heavy (non-hydrogen) atoms. The zero-order valence-electron chi connectivity index (χ0n) is 19.8. The Hall–Kier alpha value is -3.06. The summed E-state index contributed by atoms with van der Waals surface area (Å²) in [5, 5.41) is 0. The van der Waals surface area contributed by atoms with E-state index in [2.05, 4.69) is 23.1 Å². The van der Waals surface area contributed by atoms with E-state index in [1.54, 1.807) is 21.1 Å². The van der Waals surface area contributed by atoms with Crippen LogP contribution in [-0.2, 0) is 22.6 Å². The van der Waals surface area contributed by atoms with Gasteiger partial charge < -0.3 is 19.3 Å². The lowest BCUT2D eigenvalue weighted by atomic mass is 9.90. The first kappa shape index (κ1) is 23.1. The molecule has 0 aromatic heterocycles. The van der Waals surface area contributed by atoms with Crippen molar-refractivity contribution in [2.24, 2.45) is 0 Å². The summed E-state index contributed by atoms with van der Waals surface area (Å²) in [4.78, 5) is 31.6. The van der Waals surface area contributed by atoms with Crippen LogP contribution in [0.1, 0.15) is 36.1 Å². The topological polar surface area (TPSA) is 62.3 Å². The van der Waals surface area contributed by atoms with Crippen LogP contribution in [0.25, 0.3) is 0 Å². The number of piperazine rings is 1. The zero-order chi connectivity index (χ0) is 23.4. The maximum atomic E-state index is 13.2. The van der Waals surface area contributed by atoms with E-state index in [1.165, 1.54) is 5.56 Å². The molecule has 0 saturated carbocycles. The molecule has 2 aromatic rings. The summed E-state index contributed by atoms with van der Waals surface area (Å²) >= 11 is 0. The predicted molar refractivity (Wildman–Crippen MR) is 126 cm³/mol. The monoisotopic (exact) mass is 451 g/mol. The minimum Gasteiger partial charge on any atom is -0.493 e. The lowest BCUT2D eigenvalue weighted by molar-refractivity contribution is -0.137.